The average molecular weight is 493 g/mol. The van der Waals surface area contributed by atoms with Crippen LogP contribution in [0.1, 0.15) is 19.0 Å². The van der Waals surface area contributed by atoms with Crippen LogP contribution in [0.25, 0.3) is 11.0 Å². The van der Waals surface area contributed by atoms with Gasteiger partial charge in [-0.2, -0.15) is 23.3 Å². The van der Waals surface area contributed by atoms with E-state index in [2.05, 4.69) is 30.6 Å². The Balaban J connectivity index is 1.54. The van der Waals surface area contributed by atoms with E-state index in [0.29, 0.717) is 53.0 Å². The molecule has 2 aliphatic rings. The molecule has 2 bridgehead atoms. The number of anilines is 3. The van der Waals surface area contributed by atoms with Crippen LogP contribution in [0.2, 0.25) is 0 Å². The van der Waals surface area contributed by atoms with Crippen molar-refractivity contribution < 1.29 is 22.6 Å². The Bertz CT molecular complexity index is 1160. The quantitative estimate of drug-likeness (QED) is 0.407. The van der Waals surface area contributed by atoms with E-state index in [1.807, 2.05) is 6.92 Å². The van der Waals surface area contributed by atoms with Crippen molar-refractivity contribution in [3.8, 4) is 0 Å². The van der Waals surface area contributed by atoms with Gasteiger partial charge in [-0.3, -0.25) is 4.68 Å². The zero-order valence-corrected chi connectivity index (χ0v) is 19.1. The first kappa shape index (κ1) is 23.6. The summed E-state index contributed by atoms with van der Waals surface area (Å²) in [5.41, 5.74) is 1.70. The third-order valence-corrected chi connectivity index (χ3v) is 5.94. The monoisotopic (exact) mass is 493 g/mol. The Morgan fingerprint density at radius 2 is 2.14 bits per heavy atom. The summed E-state index contributed by atoms with van der Waals surface area (Å²) in [5.74, 6) is 1.53. The van der Waals surface area contributed by atoms with Crippen molar-refractivity contribution in [3.63, 3.8) is 0 Å². The van der Waals surface area contributed by atoms with Crippen LogP contribution >= 0.6 is 0 Å². The molecule has 2 fully saturated rings. The highest BCUT2D eigenvalue weighted by molar-refractivity contribution is 5.90. The van der Waals surface area contributed by atoms with Crippen LogP contribution in [0.5, 0.6) is 0 Å². The summed E-state index contributed by atoms with van der Waals surface area (Å²) in [5, 5.41) is 11.3. The molecule has 0 amide bonds. The number of hydrogen-bond acceptors (Lipinski definition) is 10. The highest BCUT2D eigenvalue weighted by atomic mass is 19.4. The SMILES string of the molecule is CCOCc1nn(CCOCC(F)(F)F)c2c(Nc3ccncn3)nc(N3C[C@@H]4C[C@H]3CN4)nc12. The molecule has 0 aliphatic carbocycles. The molecule has 2 aliphatic heterocycles. The molecule has 3 aromatic rings. The van der Waals surface area contributed by atoms with Crippen molar-refractivity contribution in [2.75, 3.05) is 43.1 Å². The van der Waals surface area contributed by atoms with Gasteiger partial charge in [-0.25, -0.2) is 15.0 Å². The largest absolute Gasteiger partial charge is 0.411 e. The number of nitrogens with zero attached hydrogens (tertiary/aromatic N) is 7. The summed E-state index contributed by atoms with van der Waals surface area (Å²) in [7, 11) is 0. The van der Waals surface area contributed by atoms with Gasteiger partial charge in [0.05, 0.1) is 19.8 Å². The summed E-state index contributed by atoms with van der Waals surface area (Å²) >= 11 is 0. The smallest absolute Gasteiger partial charge is 0.375 e. The lowest BCUT2D eigenvalue weighted by Crippen LogP contribution is -2.44. The van der Waals surface area contributed by atoms with Crippen molar-refractivity contribution in [1.82, 2.24) is 35.0 Å². The van der Waals surface area contributed by atoms with E-state index in [0.717, 1.165) is 19.5 Å². The van der Waals surface area contributed by atoms with Gasteiger partial charge in [-0.05, 0) is 19.4 Å². The fourth-order valence-electron chi connectivity index (χ4n) is 4.44. The van der Waals surface area contributed by atoms with Crippen molar-refractivity contribution in [2.45, 2.75) is 44.8 Å². The summed E-state index contributed by atoms with van der Waals surface area (Å²) < 4.78 is 49.6. The van der Waals surface area contributed by atoms with E-state index in [1.54, 1.807) is 16.9 Å². The highest BCUT2D eigenvalue weighted by Crippen LogP contribution is 2.33. The number of nitrogens with one attached hydrogen (secondary N) is 2. The lowest BCUT2D eigenvalue weighted by atomic mass is 10.2. The molecule has 11 nitrogen and oxygen atoms in total. The second-order valence-corrected chi connectivity index (χ2v) is 8.41. The van der Waals surface area contributed by atoms with Crippen LogP contribution in [0.15, 0.2) is 18.6 Å². The standard InChI is InChI=1S/C21H26F3N9O2/c1-2-34-10-15-17-18(33(31-15)5-6-35-11-21(22,23)24)19(28-16-3-4-25-12-27-16)30-20(29-17)32-9-13-7-14(32)8-26-13/h3-4,12-14,26H,2,5-11H2,1H3,(H,25,27,28,29,30)/t13-,14-/m0/s1. The first-order valence-electron chi connectivity index (χ1n) is 11.4. The topological polar surface area (TPSA) is 115 Å². The Kier molecular flexibility index (Phi) is 6.67. The zero-order valence-electron chi connectivity index (χ0n) is 19.1. The van der Waals surface area contributed by atoms with Crippen molar-refractivity contribution in [1.29, 1.82) is 0 Å². The fourth-order valence-corrected chi connectivity index (χ4v) is 4.44. The van der Waals surface area contributed by atoms with Crippen LogP contribution in [0, 0.1) is 0 Å². The number of ether oxygens (including phenoxy) is 2. The third kappa shape index (κ3) is 5.28. The molecule has 2 atom stereocenters. The molecule has 0 aromatic carbocycles. The molecule has 2 saturated heterocycles. The maximum Gasteiger partial charge on any atom is 0.411 e. The second-order valence-electron chi connectivity index (χ2n) is 8.41. The molecule has 188 valence electrons. The maximum absolute atomic E-state index is 12.5. The molecule has 3 aromatic heterocycles. The fraction of sp³-hybridized carbons (Fsp3) is 0.571. The van der Waals surface area contributed by atoms with Crippen LogP contribution in [-0.2, 0) is 22.6 Å². The lowest BCUT2D eigenvalue weighted by molar-refractivity contribution is -0.174. The van der Waals surface area contributed by atoms with E-state index in [-0.39, 0.29) is 19.8 Å². The van der Waals surface area contributed by atoms with Crippen molar-refractivity contribution in [3.05, 3.63) is 24.3 Å². The van der Waals surface area contributed by atoms with Gasteiger partial charge in [0.25, 0.3) is 0 Å². The van der Waals surface area contributed by atoms with Gasteiger partial charge in [0.2, 0.25) is 5.95 Å². The summed E-state index contributed by atoms with van der Waals surface area (Å²) in [6, 6.07) is 2.39. The zero-order chi connectivity index (χ0) is 24.4. The molecule has 2 N–H and O–H groups in total. The van der Waals surface area contributed by atoms with Crippen LogP contribution in [-0.4, -0.2) is 80.9 Å². The number of alkyl halides is 3. The Hall–Kier alpha value is -3.10. The van der Waals surface area contributed by atoms with Crippen molar-refractivity contribution >= 4 is 28.6 Å². The van der Waals surface area contributed by atoms with E-state index in [9.17, 15) is 13.2 Å². The van der Waals surface area contributed by atoms with Crippen LogP contribution in [0.3, 0.4) is 0 Å². The molecular formula is C21H26F3N9O2. The molecule has 14 heteroatoms. The minimum Gasteiger partial charge on any atom is -0.375 e. The molecule has 0 unspecified atom stereocenters. The van der Waals surface area contributed by atoms with Gasteiger partial charge in [0.15, 0.2) is 5.82 Å². The first-order valence-corrected chi connectivity index (χ1v) is 11.4. The molecule has 0 spiro atoms. The normalized spacial score (nSPS) is 19.7. The number of rotatable bonds is 10. The molecule has 5 heterocycles. The second kappa shape index (κ2) is 9.87. The lowest BCUT2D eigenvalue weighted by Gasteiger charge is -2.27. The predicted molar refractivity (Wildman–Crippen MR) is 120 cm³/mol. The molecule has 35 heavy (non-hydrogen) atoms. The Morgan fingerprint density at radius 1 is 1.26 bits per heavy atom. The van der Waals surface area contributed by atoms with Gasteiger partial charge in [-0.1, -0.05) is 0 Å². The number of piperazine rings is 1. The third-order valence-electron chi connectivity index (χ3n) is 5.94. The number of aromatic nitrogens is 6. The van der Waals surface area contributed by atoms with Crippen LogP contribution < -0.4 is 15.5 Å². The van der Waals surface area contributed by atoms with Crippen molar-refractivity contribution in [2.24, 2.45) is 0 Å². The van der Waals surface area contributed by atoms with Crippen LogP contribution in [0.4, 0.5) is 30.8 Å². The van der Waals surface area contributed by atoms with Gasteiger partial charge in [0.1, 0.15) is 35.5 Å². The molecule has 5 rings (SSSR count). The van der Waals surface area contributed by atoms with Gasteiger partial charge >= 0.3 is 6.18 Å². The minimum absolute atomic E-state index is 0.0815. The predicted octanol–water partition coefficient (Wildman–Crippen LogP) is 2.03. The summed E-state index contributed by atoms with van der Waals surface area (Å²) in [6.45, 7) is 2.80. The number of fused-ring (bicyclic) bond motifs is 3. The minimum atomic E-state index is -4.39. The maximum atomic E-state index is 12.5. The number of halogens is 3. The first-order chi connectivity index (χ1) is 16.9. The Morgan fingerprint density at radius 3 is 2.83 bits per heavy atom. The molecule has 0 radical (unpaired) electrons. The van der Waals surface area contributed by atoms with Gasteiger partial charge in [-0.15, -0.1) is 0 Å². The van der Waals surface area contributed by atoms with E-state index >= 15 is 0 Å². The Labute approximate surface area is 199 Å². The van der Waals surface area contributed by atoms with E-state index < -0.39 is 12.8 Å². The van der Waals surface area contributed by atoms with E-state index in [4.69, 9.17) is 19.4 Å². The van der Waals surface area contributed by atoms with Gasteiger partial charge < -0.3 is 25.0 Å². The molecular weight excluding hydrogens is 467 g/mol. The summed E-state index contributed by atoms with van der Waals surface area (Å²) in [4.78, 5) is 20.0. The highest BCUT2D eigenvalue weighted by Gasteiger charge is 2.39. The molecule has 0 saturated carbocycles. The van der Waals surface area contributed by atoms with E-state index in [1.165, 1.54) is 6.33 Å². The number of hydrogen-bond donors (Lipinski definition) is 2. The summed E-state index contributed by atoms with van der Waals surface area (Å²) in [6.07, 6.45) is -0.357. The van der Waals surface area contributed by atoms with Gasteiger partial charge in [0, 0.05) is 38.0 Å². The average Bonchev–Trinajstić information content (AvgIpc) is 3.55.